The van der Waals surface area contributed by atoms with Gasteiger partial charge in [0.1, 0.15) is 6.16 Å². The van der Waals surface area contributed by atoms with E-state index >= 15 is 0 Å². The lowest BCUT2D eigenvalue weighted by Crippen LogP contribution is -1.93. The Hall–Kier alpha value is 0.420. The Morgan fingerprint density at radius 3 is 1.50 bits per heavy atom. The standard InChI is InChI=1S/C4H12O3P.C3H9O4P/c1-2-3-4-8(5,6)7;1-5-8(4,6-2)7-3/h5-7H,2-4H2,1H3;1-3H3/q+1;. The lowest BCUT2D eigenvalue weighted by atomic mass is 10.4. The van der Waals surface area contributed by atoms with Gasteiger partial charge < -0.3 is 0 Å². The van der Waals surface area contributed by atoms with Gasteiger partial charge in [0.05, 0.1) is 0 Å². The van der Waals surface area contributed by atoms with E-state index in [-0.39, 0.29) is 6.16 Å². The number of phosphoric acid groups is 1. The molecule has 0 aliphatic rings. The van der Waals surface area contributed by atoms with Crippen molar-refractivity contribution in [1.82, 2.24) is 0 Å². The minimum absolute atomic E-state index is 0.142. The Morgan fingerprint density at radius 1 is 1.06 bits per heavy atom. The van der Waals surface area contributed by atoms with E-state index in [0.29, 0.717) is 6.42 Å². The molecule has 0 aromatic rings. The second kappa shape index (κ2) is 9.45. The SMILES string of the molecule is CCCC[P+](O)(O)O.COP(=O)(OC)OC. The van der Waals surface area contributed by atoms with Crippen LogP contribution in [0.1, 0.15) is 19.8 Å². The van der Waals surface area contributed by atoms with Crippen LogP contribution in [0.4, 0.5) is 0 Å². The van der Waals surface area contributed by atoms with Crippen LogP contribution >= 0.6 is 15.8 Å². The molecule has 0 saturated heterocycles. The molecule has 0 aliphatic carbocycles. The van der Waals surface area contributed by atoms with Crippen molar-refractivity contribution in [3.05, 3.63) is 0 Å². The molecule has 0 atom stereocenters. The zero-order valence-corrected chi connectivity index (χ0v) is 11.8. The van der Waals surface area contributed by atoms with Crippen LogP contribution in [-0.4, -0.2) is 42.2 Å². The van der Waals surface area contributed by atoms with Crippen LogP contribution in [0, 0.1) is 0 Å². The van der Waals surface area contributed by atoms with Crippen LogP contribution in [0.15, 0.2) is 0 Å². The zero-order valence-electron chi connectivity index (χ0n) is 9.99. The van der Waals surface area contributed by atoms with Gasteiger partial charge >= 0.3 is 15.8 Å². The molecule has 0 heterocycles. The monoisotopic (exact) mass is 279 g/mol. The van der Waals surface area contributed by atoms with Crippen LogP contribution in [-0.2, 0) is 18.1 Å². The molecule has 3 N–H and O–H groups in total. The van der Waals surface area contributed by atoms with Crippen LogP contribution < -0.4 is 0 Å². The van der Waals surface area contributed by atoms with Crippen LogP contribution in [0.25, 0.3) is 0 Å². The van der Waals surface area contributed by atoms with E-state index in [1.54, 1.807) is 0 Å². The van der Waals surface area contributed by atoms with Crippen molar-refractivity contribution in [1.29, 1.82) is 0 Å². The van der Waals surface area contributed by atoms with E-state index in [0.717, 1.165) is 6.42 Å². The Morgan fingerprint density at radius 2 is 1.44 bits per heavy atom. The van der Waals surface area contributed by atoms with E-state index < -0.39 is 15.8 Å². The normalized spacial score (nSPS) is 11.9. The summed E-state index contributed by atoms with van der Waals surface area (Å²) in [5.74, 6) is 0. The molecule has 0 amide bonds. The van der Waals surface area contributed by atoms with E-state index in [9.17, 15) is 4.57 Å². The Labute approximate surface area is 96.6 Å². The van der Waals surface area contributed by atoms with Gasteiger partial charge in [-0.2, -0.15) is 14.7 Å². The third kappa shape index (κ3) is 12.5. The van der Waals surface area contributed by atoms with E-state index in [1.807, 2.05) is 6.92 Å². The van der Waals surface area contributed by atoms with Crippen molar-refractivity contribution >= 4 is 15.8 Å². The van der Waals surface area contributed by atoms with Gasteiger partial charge in [-0.05, 0) is 6.42 Å². The summed E-state index contributed by atoms with van der Waals surface area (Å²) in [6.45, 7) is 1.93. The fourth-order valence-corrected chi connectivity index (χ4v) is 1.78. The second-order valence-electron chi connectivity index (χ2n) is 2.76. The van der Waals surface area contributed by atoms with Gasteiger partial charge in [-0.15, -0.1) is 0 Å². The summed E-state index contributed by atoms with van der Waals surface area (Å²) < 4.78 is 23.7. The number of phosphoric ester groups is 1. The maximum absolute atomic E-state index is 10.7. The van der Waals surface area contributed by atoms with Gasteiger partial charge in [-0.25, -0.2) is 4.57 Å². The number of unbranched alkanes of at least 4 members (excludes halogenated alkanes) is 1. The van der Waals surface area contributed by atoms with E-state index in [1.165, 1.54) is 21.3 Å². The maximum atomic E-state index is 10.7. The molecule has 0 saturated carbocycles. The number of hydrogen-bond donors (Lipinski definition) is 3. The topological polar surface area (TPSA) is 105 Å². The molecule has 0 aromatic heterocycles. The predicted octanol–water partition coefficient (Wildman–Crippen LogP) is 1.56. The highest BCUT2D eigenvalue weighted by Gasteiger charge is 2.27. The molecule has 0 spiro atoms. The summed E-state index contributed by atoms with van der Waals surface area (Å²) in [5, 5.41) is 0. The smallest absolute Gasteiger partial charge is 0.290 e. The third-order valence-electron chi connectivity index (χ3n) is 1.48. The molecule has 9 heteroatoms. The van der Waals surface area contributed by atoms with Crippen molar-refractivity contribution in [3.63, 3.8) is 0 Å². The molecule has 0 aromatic carbocycles. The lowest BCUT2D eigenvalue weighted by molar-refractivity contribution is 0.178. The largest absolute Gasteiger partial charge is 0.473 e. The van der Waals surface area contributed by atoms with Crippen molar-refractivity contribution in [2.75, 3.05) is 27.5 Å². The molecule has 0 bridgehead atoms. The highest BCUT2D eigenvalue weighted by Crippen LogP contribution is 2.46. The average molecular weight is 279 g/mol. The van der Waals surface area contributed by atoms with Crippen molar-refractivity contribution in [2.24, 2.45) is 0 Å². The van der Waals surface area contributed by atoms with Gasteiger partial charge in [0, 0.05) is 21.3 Å². The Kier molecular flexibility index (Phi) is 11.1. The summed E-state index contributed by atoms with van der Waals surface area (Å²) in [4.78, 5) is 25.1. The summed E-state index contributed by atoms with van der Waals surface area (Å²) in [7, 11) is -2.82. The summed E-state index contributed by atoms with van der Waals surface area (Å²) in [6.07, 6.45) is 1.70. The molecule has 7 nitrogen and oxygen atoms in total. The first-order valence-corrected chi connectivity index (χ1v) is 7.87. The van der Waals surface area contributed by atoms with E-state index in [2.05, 4.69) is 13.6 Å². The first-order chi connectivity index (χ1) is 7.24. The molecule has 0 aliphatic heterocycles. The Balaban J connectivity index is 0. The molecule has 0 rings (SSSR count). The highest BCUT2D eigenvalue weighted by molar-refractivity contribution is 7.58. The van der Waals surface area contributed by atoms with Crippen molar-refractivity contribution in [2.45, 2.75) is 19.8 Å². The van der Waals surface area contributed by atoms with Gasteiger partial charge in [-0.1, -0.05) is 13.3 Å². The first kappa shape index (κ1) is 18.8. The summed E-state index contributed by atoms with van der Waals surface area (Å²) in [6, 6.07) is 0. The lowest BCUT2D eigenvalue weighted by Gasteiger charge is -2.08. The van der Waals surface area contributed by atoms with Crippen LogP contribution in [0.5, 0.6) is 0 Å². The van der Waals surface area contributed by atoms with Gasteiger partial charge in [-0.3, -0.25) is 13.6 Å². The second-order valence-corrected chi connectivity index (χ2v) is 6.59. The highest BCUT2D eigenvalue weighted by atomic mass is 31.2. The molecule has 100 valence electrons. The minimum atomic E-state index is -3.43. The molecular formula is C7H21O7P2+. The van der Waals surface area contributed by atoms with Crippen LogP contribution in [0.3, 0.4) is 0 Å². The molecule has 0 radical (unpaired) electrons. The molecule has 16 heavy (non-hydrogen) atoms. The number of rotatable bonds is 6. The first-order valence-electron chi connectivity index (χ1n) is 4.58. The average Bonchev–Trinajstić information content (AvgIpc) is 2.25. The number of hydrogen-bond acceptors (Lipinski definition) is 7. The quantitative estimate of drug-likeness (QED) is 0.633. The van der Waals surface area contributed by atoms with Crippen molar-refractivity contribution < 1.29 is 32.8 Å². The summed E-state index contributed by atoms with van der Waals surface area (Å²) in [5.41, 5.74) is 0. The van der Waals surface area contributed by atoms with Gasteiger partial charge in [0.2, 0.25) is 0 Å². The fraction of sp³-hybridized carbons (Fsp3) is 1.00. The third-order valence-corrected chi connectivity index (χ3v) is 3.74. The summed E-state index contributed by atoms with van der Waals surface area (Å²) >= 11 is 0. The van der Waals surface area contributed by atoms with Crippen LogP contribution in [0.2, 0.25) is 0 Å². The van der Waals surface area contributed by atoms with Gasteiger partial charge in [0.25, 0.3) is 0 Å². The molecule has 0 fully saturated rings. The van der Waals surface area contributed by atoms with Gasteiger partial charge in [0.15, 0.2) is 0 Å². The maximum Gasteiger partial charge on any atom is 0.473 e. The Bertz CT molecular complexity index is 184. The minimum Gasteiger partial charge on any atom is -0.290 e. The van der Waals surface area contributed by atoms with Crippen molar-refractivity contribution in [3.8, 4) is 0 Å². The predicted molar refractivity (Wildman–Crippen MR) is 62.0 cm³/mol. The molecule has 0 unspecified atom stereocenters. The molecular weight excluding hydrogens is 258 g/mol. The fourth-order valence-electron chi connectivity index (χ4n) is 0.594. The zero-order chi connectivity index (χ0) is 13.2. The van der Waals surface area contributed by atoms with E-state index in [4.69, 9.17) is 14.7 Å².